The molecule has 0 fully saturated rings. The Bertz CT molecular complexity index is 516. The smallest absolute Gasteiger partial charge is 0.0808 e. The maximum absolute atomic E-state index is 10.0. The van der Waals surface area contributed by atoms with E-state index in [1.165, 1.54) is 0 Å². The molecule has 1 aromatic carbocycles. The molecule has 1 aromatic heterocycles. The molecule has 0 saturated heterocycles. The predicted molar refractivity (Wildman–Crippen MR) is 74.0 cm³/mol. The van der Waals surface area contributed by atoms with Crippen molar-refractivity contribution in [2.45, 2.75) is 18.9 Å². The highest BCUT2D eigenvalue weighted by Crippen LogP contribution is 2.24. The van der Waals surface area contributed by atoms with Crippen LogP contribution in [0.1, 0.15) is 23.7 Å². The number of aryl methyl sites for hydroxylation is 1. The number of hydrogen-bond acceptors (Lipinski definition) is 2. The maximum atomic E-state index is 10.0. The van der Waals surface area contributed by atoms with E-state index in [4.69, 9.17) is 23.2 Å². The van der Waals surface area contributed by atoms with Gasteiger partial charge >= 0.3 is 0 Å². The Kier molecular flexibility index (Phi) is 4.59. The standard InChI is InChI=1S/C14H13Cl2NO/c15-12-5-3-10(8-13(12)16)4-6-14(18)11-2-1-7-17-9-11/h1-3,5,7-9,14,18H,4,6H2. The molecule has 18 heavy (non-hydrogen) atoms. The number of halogens is 2. The van der Waals surface area contributed by atoms with Gasteiger partial charge in [-0.05, 0) is 42.2 Å². The van der Waals surface area contributed by atoms with Gasteiger partial charge < -0.3 is 5.11 Å². The van der Waals surface area contributed by atoms with E-state index in [-0.39, 0.29) is 0 Å². The van der Waals surface area contributed by atoms with Crippen molar-refractivity contribution in [3.05, 3.63) is 63.9 Å². The van der Waals surface area contributed by atoms with E-state index in [0.29, 0.717) is 16.5 Å². The van der Waals surface area contributed by atoms with Crippen LogP contribution in [0.25, 0.3) is 0 Å². The summed E-state index contributed by atoms with van der Waals surface area (Å²) in [5.74, 6) is 0. The van der Waals surface area contributed by atoms with Crippen LogP contribution < -0.4 is 0 Å². The van der Waals surface area contributed by atoms with Crippen molar-refractivity contribution >= 4 is 23.2 Å². The van der Waals surface area contributed by atoms with Gasteiger partial charge in [0.05, 0.1) is 16.1 Å². The molecule has 1 unspecified atom stereocenters. The minimum atomic E-state index is -0.506. The first-order chi connectivity index (χ1) is 8.66. The molecule has 1 atom stereocenters. The fourth-order valence-corrected chi connectivity index (χ4v) is 2.06. The van der Waals surface area contributed by atoms with Gasteiger partial charge in [-0.1, -0.05) is 35.3 Å². The quantitative estimate of drug-likeness (QED) is 0.917. The Labute approximate surface area is 116 Å². The molecule has 4 heteroatoms. The monoisotopic (exact) mass is 281 g/mol. The zero-order chi connectivity index (χ0) is 13.0. The summed E-state index contributed by atoms with van der Waals surface area (Å²) in [4.78, 5) is 3.99. The molecule has 1 N–H and O–H groups in total. The molecule has 1 heterocycles. The highest BCUT2D eigenvalue weighted by Gasteiger charge is 2.08. The van der Waals surface area contributed by atoms with Gasteiger partial charge in [-0.15, -0.1) is 0 Å². The first kappa shape index (κ1) is 13.3. The molecular weight excluding hydrogens is 269 g/mol. The average molecular weight is 282 g/mol. The molecule has 0 aliphatic heterocycles. The Morgan fingerprint density at radius 3 is 2.67 bits per heavy atom. The summed E-state index contributed by atoms with van der Waals surface area (Å²) in [7, 11) is 0. The maximum Gasteiger partial charge on any atom is 0.0808 e. The summed E-state index contributed by atoms with van der Waals surface area (Å²) in [6.07, 6.45) is 4.24. The summed E-state index contributed by atoms with van der Waals surface area (Å²) in [5, 5.41) is 11.1. The van der Waals surface area contributed by atoms with Gasteiger partial charge in [-0.3, -0.25) is 4.98 Å². The van der Waals surface area contributed by atoms with Crippen molar-refractivity contribution < 1.29 is 5.11 Å². The van der Waals surface area contributed by atoms with Gasteiger partial charge in [0, 0.05) is 12.4 Å². The molecular formula is C14H13Cl2NO. The van der Waals surface area contributed by atoms with Gasteiger partial charge in [0.2, 0.25) is 0 Å². The van der Waals surface area contributed by atoms with E-state index in [1.54, 1.807) is 18.5 Å². The van der Waals surface area contributed by atoms with E-state index in [0.717, 1.165) is 17.5 Å². The first-order valence-corrected chi connectivity index (χ1v) is 6.44. The summed E-state index contributed by atoms with van der Waals surface area (Å²) in [6.45, 7) is 0. The summed E-state index contributed by atoms with van der Waals surface area (Å²) in [5.41, 5.74) is 1.89. The number of rotatable bonds is 4. The number of aliphatic hydroxyl groups excluding tert-OH is 1. The van der Waals surface area contributed by atoms with E-state index in [2.05, 4.69) is 4.98 Å². The fraction of sp³-hybridized carbons (Fsp3) is 0.214. The molecule has 0 aliphatic rings. The number of hydrogen-bond donors (Lipinski definition) is 1. The van der Waals surface area contributed by atoms with Crippen molar-refractivity contribution in [1.29, 1.82) is 0 Å². The lowest BCUT2D eigenvalue weighted by Crippen LogP contribution is -2.00. The minimum absolute atomic E-state index is 0.506. The highest BCUT2D eigenvalue weighted by molar-refractivity contribution is 6.42. The highest BCUT2D eigenvalue weighted by atomic mass is 35.5. The Hall–Kier alpha value is -1.09. The largest absolute Gasteiger partial charge is 0.388 e. The molecule has 0 saturated carbocycles. The van der Waals surface area contributed by atoms with Gasteiger partial charge in [-0.25, -0.2) is 0 Å². The zero-order valence-corrected chi connectivity index (χ0v) is 11.2. The number of benzene rings is 1. The van der Waals surface area contributed by atoms with Crippen molar-refractivity contribution in [3.8, 4) is 0 Å². The molecule has 0 radical (unpaired) electrons. The van der Waals surface area contributed by atoms with E-state index < -0.39 is 6.10 Å². The van der Waals surface area contributed by atoms with Crippen molar-refractivity contribution in [3.63, 3.8) is 0 Å². The first-order valence-electron chi connectivity index (χ1n) is 5.69. The second-order valence-corrected chi connectivity index (χ2v) is 4.90. The van der Waals surface area contributed by atoms with Crippen molar-refractivity contribution in [2.75, 3.05) is 0 Å². The average Bonchev–Trinajstić information content (AvgIpc) is 2.41. The molecule has 2 rings (SSSR count). The Balaban J connectivity index is 1.97. The third kappa shape index (κ3) is 3.45. The van der Waals surface area contributed by atoms with Gasteiger partial charge in [-0.2, -0.15) is 0 Å². The third-order valence-electron chi connectivity index (χ3n) is 2.76. The normalized spacial score (nSPS) is 12.4. The fourth-order valence-electron chi connectivity index (χ4n) is 1.74. The molecule has 94 valence electrons. The zero-order valence-electron chi connectivity index (χ0n) is 9.68. The van der Waals surface area contributed by atoms with Crippen LogP contribution in [0, 0.1) is 0 Å². The van der Waals surface area contributed by atoms with Crippen LogP contribution in [0.3, 0.4) is 0 Å². The van der Waals surface area contributed by atoms with Crippen molar-refractivity contribution in [2.24, 2.45) is 0 Å². The number of aliphatic hydroxyl groups is 1. The van der Waals surface area contributed by atoms with Crippen LogP contribution in [0.2, 0.25) is 10.0 Å². The van der Waals surface area contributed by atoms with Crippen LogP contribution >= 0.6 is 23.2 Å². The van der Waals surface area contributed by atoms with Crippen LogP contribution in [0.5, 0.6) is 0 Å². The minimum Gasteiger partial charge on any atom is -0.388 e. The lowest BCUT2D eigenvalue weighted by molar-refractivity contribution is 0.167. The number of aromatic nitrogens is 1. The molecule has 2 aromatic rings. The molecule has 0 spiro atoms. The second-order valence-electron chi connectivity index (χ2n) is 4.09. The lowest BCUT2D eigenvalue weighted by atomic mass is 10.0. The number of pyridine rings is 1. The molecule has 2 nitrogen and oxygen atoms in total. The van der Waals surface area contributed by atoms with Crippen LogP contribution in [0.15, 0.2) is 42.7 Å². The van der Waals surface area contributed by atoms with Crippen LogP contribution in [-0.2, 0) is 6.42 Å². The van der Waals surface area contributed by atoms with E-state index in [1.807, 2.05) is 24.3 Å². The van der Waals surface area contributed by atoms with Gasteiger partial charge in [0.25, 0.3) is 0 Å². The Morgan fingerprint density at radius 2 is 2.00 bits per heavy atom. The van der Waals surface area contributed by atoms with Crippen molar-refractivity contribution in [1.82, 2.24) is 4.98 Å². The van der Waals surface area contributed by atoms with Gasteiger partial charge in [0.15, 0.2) is 0 Å². The summed E-state index contributed by atoms with van der Waals surface area (Å²) >= 11 is 11.8. The number of nitrogens with zero attached hydrogens (tertiary/aromatic N) is 1. The van der Waals surface area contributed by atoms with Crippen LogP contribution in [0.4, 0.5) is 0 Å². The van der Waals surface area contributed by atoms with Gasteiger partial charge in [0.1, 0.15) is 0 Å². The molecule has 0 aliphatic carbocycles. The predicted octanol–water partition coefficient (Wildman–Crippen LogP) is 4.05. The van der Waals surface area contributed by atoms with E-state index in [9.17, 15) is 5.11 Å². The molecule has 0 amide bonds. The van der Waals surface area contributed by atoms with E-state index >= 15 is 0 Å². The SMILES string of the molecule is OC(CCc1ccc(Cl)c(Cl)c1)c1cccnc1. The summed E-state index contributed by atoms with van der Waals surface area (Å²) < 4.78 is 0. The lowest BCUT2D eigenvalue weighted by Gasteiger charge is -2.10. The topological polar surface area (TPSA) is 33.1 Å². The third-order valence-corrected chi connectivity index (χ3v) is 3.50. The van der Waals surface area contributed by atoms with Crippen LogP contribution in [-0.4, -0.2) is 10.1 Å². The Morgan fingerprint density at radius 1 is 1.17 bits per heavy atom. The molecule has 0 bridgehead atoms. The summed E-state index contributed by atoms with van der Waals surface area (Å²) in [6, 6.07) is 9.21. The second kappa shape index (κ2) is 6.19.